The Labute approximate surface area is 188 Å². The van der Waals surface area contributed by atoms with Gasteiger partial charge in [0.05, 0.1) is 6.42 Å². The number of hydrogen-bond donors (Lipinski definition) is 2. The Balaban J connectivity index is 1.45. The Morgan fingerprint density at radius 2 is 2.00 bits per heavy atom. The summed E-state index contributed by atoms with van der Waals surface area (Å²) in [5.74, 6) is 0.963. The lowest BCUT2D eigenvalue weighted by atomic mass is 10.1. The molecule has 0 bridgehead atoms. The molecule has 4 rings (SSSR count). The van der Waals surface area contributed by atoms with Gasteiger partial charge in [0, 0.05) is 19.5 Å². The molecule has 0 saturated carbocycles. The van der Waals surface area contributed by atoms with Crippen molar-refractivity contribution in [2.45, 2.75) is 57.7 Å². The van der Waals surface area contributed by atoms with Gasteiger partial charge in [-0.2, -0.15) is 4.98 Å². The van der Waals surface area contributed by atoms with E-state index in [1.54, 1.807) is 16.7 Å². The van der Waals surface area contributed by atoms with Crippen molar-refractivity contribution in [2.75, 3.05) is 10.6 Å². The molecule has 1 aromatic carbocycles. The summed E-state index contributed by atoms with van der Waals surface area (Å²) in [5, 5.41) is 9.77. The zero-order valence-electron chi connectivity index (χ0n) is 17.6. The molecule has 9 nitrogen and oxygen atoms in total. The van der Waals surface area contributed by atoms with Crippen LogP contribution in [0, 0.1) is 5.82 Å². The molecule has 0 radical (unpaired) electrons. The lowest BCUT2D eigenvalue weighted by Crippen LogP contribution is -2.40. The highest BCUT2D eigenvalue weighted by atomic mass is 35.5. The molecule has 11 heteroatoms. The predicted octanol–water partition coefficient (Wildman–Crippen LogP) is 2.92. The third-order valence-electron chi connectivity index (χ3n) is 5.23. The van der Waals surface area contributed by atoms with Crippen molar-refractivity contribution >= 4 is 23.1 Å². The van der Waals surface area contributed by atoms with Crippen LogP contribution in [0.2, 0.25) is 0 Å². The van der Waals surface area contributed by atoms with E-state index in [0.717, 1.165) is 18.4 Å². The number of benzene rings is 1. The van der Waals surface area contributed by atoms with Crippen LogP contribution in [0.5, 0.6) is 0 Å². The number of alkyl halides is 1. The highest BCUT2D eigenvalue weighted by molar-refractivity contribution is 6.23. The van der Waals surface area contributed by atoms with Gasteiger partial charge in [-0.3, -0.25) is 13.9 Å². The number of aryl methyl sites for hydroxylation is 1. The molecule has 32 heavy (non-hydrogen) atoms. The van der Waals surface area contributed by atoms with Crippen molar-refractivity contribution in [1.82, 2.24) is 19.3 Å². The lowest BCUT2D eigenvalue weighted by molar-refractivity contribution is 0.378. The van der Waals surface area contributed by atoms with E-state index in [1.165, 1.54) is 16.7 Å². The van der Waals surface area contributed by atoms with E-state index in [9.17, 15) is 14.0 Å². The number of anilines is 2. The summed E-state index contributed by atoms with van der Waals surface area (Å²) < 4.78 is 21.3. The molecule has 0 fully saturated rings. The number of rotatable bonds is 9. The minimum atomic E-state index is -0.642. The van der Waals surface area contributed by atoms with Crippen LogP contribution in [0.3, 0.4) is 0 Å². The molecule has 170 valence electrons. The largest absolute Gasteiger partial charge is 0.345 e. The zero-order chi connectivity index (χ0) is 22.7. The summed E-state index contributed by atoms with van der Waals surface area (Å²) in [4.78, 5) is 30.1. The lowest BCUT2D eigenvalue weighted by Gasteiger charge is -2.14. The predicted molar refractivity (Wildman–Crippen MR) is 119 cm³/mol. The smallest absolute Gasteiger partial charge is 0.332 e. The second-order valence-electron chi connectivity index (χ2n) is 7.63. The first kappa shape index (κ1) is 22.1. The first-order chi connectivity index (χ1) is 15.5. The first-order valence-electron chi connectivity index (χ1n) is 10.6. The van der Waals surface area contributed by atoms with Crippen molar-refractivity contribution in [2.24, 2.45) is 0 Å². The van der Waals surface area contributed by atoms with Crippen molar-refractivity contribution in [3.05, 3.63) is 68.2 Å². The van der Waals surface area contributed by atoms with Gasteiger partial charge in [-0.25, -0.2) is 9.18 Å². The number of hydrogen-bond acceptors (Lipinski definition) is 7. The van der Waals surface area contributed by atoms with E-state index in [4.69, 9.17) is 16.1 Å². The highest BCUT2D eigenvalue weighted by Gasteiger charge is 2.27. The molecule has 2 N–H and O–H groups in total. The van der Waals surface area contributed by atoms with Gasteiger partial charge in [-0.15, -0.1) is 0 Å². The average molecular weight is 463 g/mol. The monoisotopic (exact) mass is 462 g/mol. The maximum Gasteiger partial charge on any atom is 0.332 e. The summed E-state index contributed by atoms with van der Waals surface area (Å²) >= 11 is 6.08. The van der Waals surface area contributed by atoms with Gasteiger partial charge in [0.1, 0.15) is 17.3 Å². The van der Waals surface area contributed by atoms with Crippen LogP contribution in [0.1, 0.15) is 43.5 Å². The summed E-state index contributed by atoms with van der Waals surface area (Å²) in [6.45, 7) is 2.73. The molecule has 1 aliphatic rings. The summed E-state index contributed by atoms with van der Waals surface area (Å²) in [5.41, 5.74) is -0.388. The first-order valence-corrected chi connectivity index (χ1v) is 11.0. The van der Waals surface area contributed by atoms with Crippen LogP contribution in [0.25, 0.3) is 0 Å². The molecule has 0 amide bonds. The van der Waals surface area contributed by atoms with Gasteiger partial charge in [0.15, 0.2) is 11.4 Å². The van der Waals surface area contributed by atoms with Gasteiger partial charge in [0.2, 0.25) is 5.89 Å². The minimum Gasteiger partial charge on any atom is -0.345 e. The van der Waals surface area contributed by atoms with Crippen LogP contribution in [-0.2, 0) is 25.9 Å². The maximum atomic E-state index is 13.3. The number of halogens is 2. The molecule has 3 heterocycles. The average Bonchev–Trinajstić information content (AvgIpc) is 3.37. The van der Waals surface area contributed by atoms with Gasteiger partial charge in [-0.05, 0) is 30.5 Å². The number of nitrogens with zero attached hydrogens (tertiary/aromatic N) is 4. The van der Waals surface area contributed by atoms with E-state index in [2.05, 4.69) is 20.8 Å². The SMILES string of the molecule is CCCCn1c2c(c(=O)n(CCCc3noc(Cc4cccc(F)c4)n3)c1=O)NC(Cl)N2. The number of fused-ring (bicyclic) bond motifs is 1. The van der Waals surface area contributed by atoms with Crippen LogP contribution in [-0.4, -0.2) is 24.9 Å². The van der Waals surface area contributed by atoms with E-state index < -0.39 is 11.2 Å². The van der Waals surface area contributed by atoms with Crippen LogP contribution >= 0.6 is 11.6 Å². The Morgan fingerprint density at radius 1 is 1.19 bits per heavy atom. The summed E-state index contributed by atoms with van der Waals surface area (Å²) in [7, 11) is 0. The number of nitrogens with one attached hydrogen (secondary N) is 2. The number of unbranched alkanes of at least 4 members (excludes halogenated alkanes) is 1. The third-order valence-corrected chi connectivity index (χ3v) is 5.45. The van der Waals surface area contributed by atoms with E-state index in [1.807, 2.05) is 6.92 Å². The molecule has 0 saturated heterocycles. The molecular formula is C21H24ClFN6O3. The fourth-order valence-corrected chi connectivity index (χ4v) is 3.88. The molecule has 0 aliphatic carbocycles. The highest BCUT2D eigenvalue weighted by Crippen LogP contribution is 2.25. The van der Waals surface area contributed by atoms with Gasteiger partial charge in [0.25, 0.3) is 5.56 Å². The second kappa shape index (κ2) is 9.56. The maximum absolute atomic E-state index is 13.3. The van der Waals surface area contributed by atoms with Gasteiger partial charge >= 0.3 is 5.69 Å². The summed E-state index contributed by atoms with van der Waals surface area (Å²) in [6, 6.07) is 6.20. The Morgan fingerprint density at radius 3 is 2.78 bits per heavy atom. The number of aromatic nitrogens is 4. The van der Waals surface area contributed by atoms with Crippen molar-refractivity contribution in [3.63, 3.8) is 0 Å². The standard InChI is InChI=1S/C21H24ClFN6O3/c1-2-3-9-28-18-17(25-20(22)26-18)19(30)29(21(28)31)10-5-8-15-24-16(32-27-15)12-13-6-4-7-14(23)11-13/h4,6-7,11,20,25-26H,2-3,5,8-10,12H2,1H3. The van der Waals surface area contributed by atoms with Crippen LogP contribution < -0.4 is 21.9 Å². The molecule has 1 aliphatic heterocycles. The molecule has 0 spiro atoms. The quantitative estimate of drug-likeness (QED) is 0.372. The van der Waals surface area contributed by atoms with E-state index in [-0.39, 0.29) is 18.1 Å². The van der Waals surface area contributed by atoms with Gasteiger partial charge < -0.3 is 15.2 Å². The molecule has 1 unspecified atom stereocenters. The Hall–Kier alpha value is -3.14. The second-order valence-corrected chi connectivity index (χ2v) is 8.07. The van der Waals surface area contributed by atoms with Crippen molar-refractivity contribution in [3.8, 4) is 0 Å². The third kappa shape index (κ3) is 4.69. The normalized spacial score (nSPS) is 14.8. The van der Waals surface area contributed by atoms with E-state index in [0.29, 0.717) is 49.0 Å². The topological polar surface area (TPSA) is 107 Å². The zero-order valence-corrected chi connectivity index (χ0v) is 18.4. The van der Waals surface area contributed by atoms with Crippen LogP contribution in [0.4, 0.5) is 15.9 Å². The van der Waals surface area contributed by atoms with Gasteiger partial charge in [-0.1, -0.05) is 42.2 Å². The molecule has 1 atom stereocenters. The molecular weight excluding hydrogens is 439 g/mol. The minimum absolute atomic E-state index is 0.208. The van der Waals surface area contributed by atoms with Crippen LogP contribution in [0.15, 0.2) is 38.4 Å². The molecule has 2 aromatic heterocycles. The van der Waals surface area contributed by atoms with Crippen molar-refractivity contribution in [1.29, 1.82) is 0 Å². The summed E-state index contributed by atoms with van der Waals surface area (Å²) in [6.07, 6.45) is 2.94. The molecule has 3 aromatic rings. The van der Waals surface area contributed by atoms with E-state index >= 15 is 0 Å². The Bertz CT molecular complexity index is 1220. The Kier molecular flexibility index (Phi) is 6.59. The van der Waals surface area contributed by atoms with Crippen molar-refractivity contribution < 1.29 is 8.91 Å². The fraction of sp³-hybridized carbons (Fsp3) is 0.429. The fourth-order valence-electron chi connectivity index (χ4n) is 3.66.